The smallest absolute Gasteiger partial charge is 0.224 e. The fourth-order valence-corrected chi connectivity index (χ4v) is 4.48. The molecule has 0 spiro atoms. The summed E-state index contributed by atoms with van der Waals surface area (Å²) in [5.74, 6) is 0.148. The van der Waals surface area contributed by atoms with E-state index in [2.05, 4.69) is 15.1 Å². The molecular weight excluding hydrogens is 357 g/mol. The van der Waals surface area contributed by atoms with E-state index < -0.39 is 0 Å². The lowest BCUT2D eigenvalue weighted by Crippen LogP contribution is -2.50. The third-order valence-electron chi connectivity index (χ3n) is 6.28. The van der Waals surface area contributed by atoms with Crippen LogP contribution in [0.15, 0.2) is 18.2 Å². The van der Waals surface area contributed by atoms with Crippen LogP contribution in [-0.4, -0.2) is 68.2 Å². The second kappa shape index (κ2) is 10.3. The zero-order valence-electron chi connectivity index (χ0n) is 17.3. The van der Waals surface area contributed by atoms with E-state index in [1.165, 1.54) is 6.07 Å². The van der Waals surface area contributed by atoms with E-state index in [1.807, 2.05) is 13.0 Å². The lowest BCUT2D eigenvalue weighted by Gasteiger charge is -2.42. The Bertz CT molecular complexity index is 647. The van der Waals surface area contributed by atoms with Gasteiger partial charge in [-0.15, -0.1) is 0 Å². The predicted molar refractivity (Wildman–Crippen MR) is 109 cm³/mol. The number of amides is 1. The summed E-state index contributed by atoms with van der Waals surface area (Å²) in [4.78, 5) is 17.3. The largest absolute Gasteiger partial charge is 0.383 e. The summed E-state index contributed by atoms with van der Waals surface area (Å²) >= 11 is 0. The molecule has 2 aliphatic heterocycles. The monoisotopic (exact) mass is 391 g/mol. The van der Waals surface area contributed by atoms with Crippen molar-refractivity contribution < 1.29 is 13.9 Å². The summed E-state index contributed by atoms with van der Waals surface area (Å²) in [5.41, 5.74) is 1.85. The molecule has 156 valence electrons. The van der Waals surface area contributed by atoms with Gasteiger partial charge in [0.25, 0.3) is 0 Å². The summed E-state index contributed by atoms with van der Waals surface area (Å²) in [6.45, 7) is 7.85. The molecule has 1 atom stereocenters. The number of hydrogen-bond donors (Lipinski definition) is 1. The molecule has 6 heteroatoms. The quantitative estimate of drug-likeness (QED) is 0.726. The lowest BCUT2D eigenvalue weighted by molar-refractivity contribution is -0.127. The summed E-state index contributed by atoms with van der Waals surface area (Å²) in [6.07, 6.45) is 4.30. The molecule has 1 aromatic carbocycles. The van der Waals surface area contributed by atoms with Gasteiger partial charge in [0.15, 0.2) is 0 Å². The number of likely N-dealkylation sites (tertiary alicyclic amines) is 2. The maximum absolute atomic E-state index is 13.8. The van der Waals surface area contributed by atoms with Gasteiger partial charge in [-0.05, 0) is 69.4 Å². The Kier molecular flexibility index (Phi) is 7.82. The maximum Gasteiger partial charge on any atom is 0.224 e. The summed E-state index contributed by atoms with van der Waals surface area (Å²) in [7, 11) is 1.65. The molecule has 0 bridgehead atoms. The number of nitrogens with zero attached hydrogens (tertiary/aromatic N) is 2. The van der Waals surface area contributed by atoms with Crippen LogP contribution < -0.4 is 5.32 Å². The number of piperidine rings is 2. The molecule has 2 saturated heterocycles. The summed E-state index contributed by atoms with van der Waals surface area (Å²) < 4.78 is 18.8. The van der Waals surface area contributed by atoms with Crippen molar-refractivity contribution in [2.24, 2.45) is 5.92 Å². The van der Waals surface area contributed by atoms with Crippen molar-refractivity contribution in [1.82, 2.24) is 15.1 Å². The second-order valence-corrected chi connectivity index (χ2v) is 8.15. The fraction of sp³-hybridized carbons (Fsp3) is 0.682. The molecule has 5 nitrogen and oxygen atoms in total. The third-order valence-corrected chi connectivity index (χ3v) is 6.28. The molecule has 28 heavy (non-hydrogen) atoms. The predicted octanol–water partition coefficient (Wildman–Crippen LogP) is 2.57. The van der Waals surface area contributed by atoms with Crippen molar-refractivity contribution in [1.29, 1.82) is 0 Å². The maximum atomic E-state index is 13.8. The molecule has 0 unspecified atom stereocenters. The van der Waals surface area contributed by atoms with Gasteiger partial charge in [-0.3, -0.25) is 14.6 Å². The molecule has 2 fully saturated rings. The van der Waals surface area contributed by atoms with Crippen molar-refractivity contribution in [2.75, 3.05) is 46.4 Å². The molecule has 1 N–H and O–H groups in total. The Hall–Kier alpha value is -1.50. The van der Waals surface area contributed by atoms with Crippen molar-refractivity contribution in [3.8, 4) is 0 Å². The number of carbonyl (C=O) groups is 1. The number of methoxy groups -OCH3 is 1. The number of rotatable bonds is 7. The van der Waals surface area contributed by atoms with Crippen molar-refractivity contribution in [3.63, 3.8) is 0 Å². The van der Waals surface area contributed by atoms with E-state index in [9.17, 15) is 9.18 Å². The number of ether oxygens (including phenoxy) is 1. The van der Waals surface area contributed by atoms with Gasteiger partial charge >= 0.3 is 0 Å². The van der Waals surface area contributed by atoms with Gasteiger partial charge in [0, 0.05) is 32.8 Å². The van der Waals surface area contributed by atoms with Crippen LogP contribution in [0.1, 0.15) is 36.8 Å². The van der Waals surface area contributed by atoms with E-state index in [0.29, 0.717) is 19.2 Å². The van der Waals surface area contributed by atoms with Crippen LogP contribution in [0.5, 0.6) is 0 Å². The Morgan fingerprint density at radius 3 is 2.79 bits per heavy atom. The molecule has 2 heterocycles. The minimum atomic E-state index is -0.115. The Morgan fingerprint density at radius 2 is 2.04 bits per heavy atom. The second-order valence-electron chi connectivity index (χ2n) is 8.15. The number of carbonyl (C=O) groups excluding carboxylic acids is 1. The highest BCUT2D eigenvalue weighted by Crippen LogP contribution is 2.25. The van der Waals surface area contributed by atoms with Crippen LogP contribution in [0.2, 0.25) is 0 Å². The van der Waals surface area contributed by atoms with Gasteiger partial charge in [-0.2, -0.15) is 0 Å². The SMILES string of the molecule is COCCNC(=O)[C@@H]1CCCN(C2CCN(Cc3cccc(F)c3C)CC2)C1. The highest BCUT2D eigenvalue weighted by Gasteiger charge is 2.31. The van der Waals surface area contributed by atoms with Crippen LogP contribution in [0.25, 0.3) is 0 Å². The number of benzene rings is 1. The van der Waals surface area contributed by atoms with Crippen molar-refractivity contribution in [2.45, 2.75) is 45.2 Å². The zero-order valence-corrected chi connectivity index (χ0v) is 17.3. The van der Waals surface area contributed by atoms with E-state index in [1.54, 1.807) is 13.2 Å². The summed E-state index contributed by atoms with van der Waals surface area (Å²) in [5, 5.41) is 2.99. The average molecular weight is 392 g/mol. The molecule has 1 aromatic rings. The zero-order chi connectivity index (χ0) is 19.9. The highest BCUT2D eigenvalue weighted by molar-refractivity contribution is 5.78. The molecular formula is C22H34FN3O2. The molecule has 0 aliphatic carbocycles. The minimum Gasteiger partial charge on any atom is -0.383 e. The average Bonchev–Trinajstić information content (AvgIpc) is 2.72. The van der Waals surface area contributed by atoms with Gasteiger partial charge in [0.05, 0.1) is 12.5 Å². The number of halogens is 1. The molecule has 1 amide bonds. The third kappa shape index (κ3) is 5.52. The Labute approximate surface area is 168 Å². The van der Waals surface area contributed by atoms with E-state index in [4.69, 9.17) is 4.74 Å². The minimum absolute atomic E-state index is 0.0959. The first-order valence-electron chi connectivity index (χ1n) is 10.6. The Balaban J connectivity index is 1.46. The van der Waals surface area contributed by atoms with Gasteiger partial charge in [-0.25, -0.2) is 4.39 Å². The molecule has 3 rings (SSSR count). The van der Waals surface area contributed by atoms with Crippen LogP contribution in [0, 0.1) is 18.7 Å². The van der Waals surface area contributed by atoms with Crippen molar-refractivity contribution >= 4 is 5.91 Å². The first-order valence-corrected chi connectivity index (χ1v) is 10.6. The van der Waals surface area contributed by atoms with Gasteiger partial charge < -0.3 is 10.1 Å². The Morgan fingerprint density at radius 1 is 1.25 bits per heavy atom. The molecule has 0 aromatic heterocycles. The lowest BCUT2D eigenvalue weighted by atomic mass is 9.93. The fourth-order valence-electron chi connectivity index (χ4n) is 4.48. The van der Waals surface area contributed by atoms with E-state index >= 15 is 0 Å². The van der Waals surface area contributed by atoms with Crippen LogP contribution in [0.3, 0.4) is 0 Å². The summed E-state index contributed by atoms with van der Waals surface area (Å²) in [6, 6.07) is 5.92. The molecule has 0 saturated carbocycles. The van der Waals surface area contributed by atoms with Crippen LogP contribution in [-0.2, 0) is 16.1 Å². The van der Waals surface area contributed by atoms with Crippen LogP contribution >= 0.6 is 0 Å². The first kappa shape index (κ1) is 21.2. The van der Waals surface area contributed by atoms with Crippen molar-refractivity contribution in [3.05, 3.63) is 35.1 Å². The van der Waals surface area contributed by atoms with Gasteiger partial charge in [0.2, 0.25) is 5.91 Å². The van der Waals surface area contributed by atoms with E-state index in [0.717, 1.165) is 69.5 Å². The van der Waals surface area contributed by atoms with Gasteiger partial charge in [-0.1, -0.05) is 12.1 Å². The number of hydrogen-bond acceptors (Lipinski definition) is 4. The van der Waals surface area contributed by atoms with Gasteiger partial charge in [0.1, 0.15) is 5.82 Å². The normalized spacial score (nSPS) is 22.3. The standard InChI is InChI=1S/C22H34FN3O2/c1-17-18(5-3-7-21(17)23)15-25-12-8-20(9-13-25)26-11-4-6-19(16-26)22(27)24-10-14-28-2/h3,5,7,19-20H,4,6,8-16H2,1-2H3,(H,24,27)/t19-/m1/s1. The topological polar surface area (TPSA) is 44.8 Å². The highest BCUT2D eigenvalue weighted by atomic mass is 19.1. The van der Waals surface area contributed by atoms with E-state index in [-0.39, 0.29) is 17.6 Å². The number of nitrogens with one attached hydrogen (secondary N) is 1. The molecule has 0 radical (unpaired) electrons. The molecule has 2 aliphatic rings. The first-order chi connectivity index (χ1) is 13.6. The van der Waals surface area contributed by atoms with Crippen LogP contribution in [0.4, 0.5) is 4.39 Å².